The lowest BCUT2D eigenvalue weighted by atomic mass is 10.2. The van der Waals surface area contributed by atoms with Crippen molar-refractivity contribution in [3.05, 3.63) is 45.9 Å². The summed E-state index contributed by atoms with van der Waals surface area (Å²) in [7, 11) is 1.62. The molecule has 0 saturated heterocycles. The first-order valence-corrected chi connectivity index (χ1v) is 6.04. The Hall–Kier alpha value is -2.10. The second kappa shape index (κ2) is 4.29. The van der Waals surface area contributed by atoms with Crippen LogP contribution in [0.1, 0.15) is 17.7 Å². The number of fused-ring (bicyclic) bond motifs is 1. The second-order valence-corrected chi connectivity index (χ2v) is 4.43. The molecular formula is C14H14N2O2. The van der Waals surface area contributed by atoms with Crippen LogP contribution in [0.5, 0.6) is 5.75 Å². The smallest absolute Gasteiger partial charge is 0.254 e. The summed E-state index contributed by atoms with van der Waals surface area (Å²) in [6.07, 6.45) is 2.76. The number of benzene rings is 1. The quantitative estimate of drug-likeness (QED) is 0.875. The molecule has 1 aromatic heterocycles. The molecule has 3 rings (SSSR count). The monoisotopic (exact) mass is 242 g/mol. The van der Waals surface area contributed by atoms with E-state index in [-0.39, 0.29) is 5.56 Å². The Balaban J connectivity index is 2.12. The van der Waals surface area contributed by atoms with Crippen molar-refractivity contribution in [3.8, 4) is 17.1 Å². The number of aromatic nitrogens is 2. The SMILES string of the molecule is COc1cccc(-c2nc3c(c(=O)[nH]2)CCC3)c1. The molecule has 92 valence electrons. The van der Waals surface area contributed by atoms with Crippen molar-refractivity contribution in [2.24, 2.45) is 0 Å². The van der Waals surface area contributed by atoms with E-state index < -0.39 is 0 Å². The molecule has 4 heteroatoms. The van der Waals surface area contributed by atoms with Gasteiger partial charge in [0.1, 0.15) is 11.6 Å². The van der Waals surface area contributed by atoms with E-state index in [4.69, 9.17) is 4.74 Å². The maximum atomic E-state index is 11.9. The van der Waals surface area contributed by atoms with Crippen molar-refractivity contribution < 1.29 is 4.74 Å². The Morgan fingerprint density at radius 3 is 3.06 bits per heavy atom. The minimum absolute atomic E-state index is 0.00433. The normalized spacial score (nSPS) is 13.4. The average molecular weight is 242 g/mol. The lowest BCUT2D eigenvalue weighted by molar-refractivity contribution is 0.415. The first-order valence-electron chi connectivity index (χ1n) is 6.04. The number of hydrogen-bond donors (Lipinski definition) is 1. The van der Waals surface area contributed by atoms with Crippen LogP contribution < -0.4 is 10.3 Å². The summed E-state index contributed by atoms with van der Waals surface area (Å²) in [5.74, 6) is 1.38. The van der Waals surface area contributed by atoms with Gasteiger partial charge in [-0.05, 0) is 31.4 Å². The molecule has 4 nitrogen and oxygen atoms in total. The molecule has 0 fully saturated rings. The van der Waals surface area contributed by atoms with Gasteiger partial charge in [0.25, 0.3) is 5.56 Å². The summed E-state index contributed by atoms with van der Waals surface area (Å²) >= 11 is 0. The van der Waals surface area contributed by atoms with Crippen LogP contribution in [0.25, 0.3) is 11.4 Å². The molecule has 0 unspecified atom stereocenters. The van der Waals surface area contributed by atoms with Gasteiger partial charge in [0, 0.05) is 11.1 Å². The molecule has 0 aliphatic heterocycles. The number of hydrogen-bond acceptors (Lipinski definition) is 3. The van der Waals surface area contributed by atoms with Gasteiger partial charge in [0.2, 0.25) is 0 Å². The maximum absolute atomic E-state index is 11.9. The summed E-state index contributed by atoms with van der Waals surface area (Å²) < 4.78 is 5.18. The molecule has 0 saturated carbocycles. The number of nitrogens with one attached hydrogen (secondary N) is 1. The molecule has 1 heterocycles. The molecular weight excluding hydrogens is 228 g/mol. The molecule has 2 aromatic rings. The zero-order valence-electron chi connectivity index (χ0n) is 10.2. The van der Waals surface area contributed by atoms with Crippen LogP contribution in [-0.2, 0) is 12.8 Å². The number of H-pyrrole nitrogens is 1. The van der Waals surface area contributed by atoms with Gasteiger partial charge in [0.15, 0.2) is 0 Å². The zero-order chi connectivity index (χ0) is 12.5. The van der Waals surface area contributed by atoms with Crippen molar-refractivity contribution in [3.63, 3.8) is 0 Å². The van der Waals surface area contributed by atoms with Gasteiger partial charge in [-0.25, -0.2) is 4.98 Å². The number of ether oxygens (including phenoxy) is 1. The van der Waals surface area contributed by atoms with E-state index in [1.807, 2.05) is 24.3 Å². The van der Waals surface area contributed by atoms with E-state index in [0.717, 1.165) is 41.8 Å². The van der Waals surface area contributed by atoms with Crippen LogP contribution in [0.15, 0.2) is 29.1 Å². The molecule has 1 aromatic carbocycles. The predicted octanol–water partition coefficient (Wildman–Crippen LogP) is 1.93. The topological polar surface area (TPSA) is 55.0 Å². The minimum Gasteiger partial charge on any atom is -0.497 e. The number of rotatable bonds is 2. The van der Waals surface area contributed by atoms with E-state index >= 15 is 0 Å². The lowest BCUT2D eigenvalue weighted by Crippen LogP contribution is -2.15. The van der Waals surface area contributed by atoms with Gasteiger partial charge in [-0.3, -0.25) is 4.79 Å². The largest absolute Gasteiger partial charge is 0.497 e. The number of methoxy groups -OCH3 is 1. The van der Waals surface area contributed by atoms with E-state index in [1.165, 1.54) is 0 Å². The first kappa shape index (κ1) is 11.0. The summed E-state index contributed by atoms with van der Waals surface area (Å²) in [6, 6.07) is 7.55. The molecule has 0 bridgehead atoms. The molecule has 1 aliphatic rings. The minimum atomic E-state index is -0.00433. The van der Waals surface area contributed by atoms with Crippen LogP contribution >= 0.6 is 0 Å². The Bertz CT molecular complexity index is 646. The molecule has 0 radical (unpaired) electrons. The summed E-state index contributed by atoms with van der Waals surface area (Å²) in [4.78, 5) is 19.3. The predicted molar refractivity (Wildman–Crippen MR) is 68.9 cm³/mol. The highest BCUT2D eigenvalue weighted by Gasteiger charge is 2.17. The van der Waals surface area contributed by atoms with Gasteiger partial charge < -0.3 is 9.72 Å². The fraction of sp³-hybridized carbons (Fsp3) is 0.286. The molecule has 0 amide bonds. The van der Waals surface area contributed by atoms with E-state index in [1.54, 1.807) is 7.11 Å². The van der Waals surface area contributed by atoms with Crippen molar-refractivity contribution in [1.29, 1.82) is 0 Å². The van der Waals surface area contributed by atoms with Crippen LogP contribution in [0.4, 0.5) is 0 Å². The Morgan fingerprint density at radius 1 is 1.33 bits per heavy atom. The molecule has 18 heavy (non-hydrogen) atoms. The highest BCUT2D eigenvalue weighted by atomic mass is 16.5. The summed E-state index contributed by atoms with van der Waals surface area (Å²) in [5.41, 5.74) is 2.66. The van der Waals surface area contributed by atoms with Crippen LogP contribution in [0.3, 0.4) is 0 Å². The van der Waals surface area contributed by atoms with Gasteiger partial charge in [0.05, 0.1) is 12.8 Å². The van der Waals surface area contributed by atoms with Gasteiger partial charge in [-0.15, -0.1) is 0 Å². The standard InChI is InChI=1S/C14H14N2O2/c1-18-10-5-2-4-9(8-10)13-15-12-7-3-6-11(12)14(17)16-13/h2,4-5,8H,3,6-7H2,1H3,(H,15,16,17). The van der Waals surface area contributed by atoms with E-state index in [9.17, 15) is 4.79 Å². The number of aromatic amines is 1. The van der Waals surface area contributed by atoms with Crippen molar-refractivity contribution >= 4 is 0 Å². The highest BCUT2D eigenvalue weighted by Crippen LogP contribution is 2.23. The van der Waals surface area contributed by atoms with Crippen molar-refractivity contribution in [2.45, 2.75) is 19.3 Å². The van der Waals surface area contributed by atoms with Gasteiger partial charge >= 0.3 is 0 Å². The highest BCUT2D eigenvalue weighted by molar-refractivity contribution is 5.57. The van der Waals surface area contributed by atoms with Crippen LogP contribution in [-0.4, -0.2) is 17.1 Å². The Kier molecular flexibility index (Phi) is 2.63. The third-order valence-corrected chi connectivity index (χ3v) is 3.28. The second-order valence-electron chi connectivity index (χ2n) is 4.43. The van der Waals surface area contributed by atoms with Crippen LogP contribution in [0.2, 0.25) is 0 Å². The maximum Gasteiger partial charge on any atom is 0.254 e. The molecule has 0 spiro atoms. The fourth-order valence-electron chi connectivity index (χ4n) is 2.35. The Labute approximate surface area is 105 Å². The lowest BCUT2D eigenvalue weighted by Gasteiger charge is -2.05. The molecule has 0 atom stereocenters. The van der Waals surface area contributed by atoms with Crippen molar-refractivity contribution in [1.82, 2.24) is 9.97 Å². The zero-order valence-corrected chi connectivity index (χ0v) is 10.2. The van der Waals surface area contributed by atoms with Crippen molar-refractivity contribution in [2.75, 3.05) is 7.11 Å². The Morgan fingerprint density at radius 2 is 2.22 bits per heavy atom. The fourth-order valence-corrected chi connectivity index (χ4v) is 2.35. The van der Waals surface area contributed by atoms with Gasteiger partial charge in [-0.2, -0.15) is 0 Å². The number of nitrogens with zero attached hydrogens (tertiary/aromatic N) is 1. The molecule has 1 aliphatic carbocycles. The van der Waals surface area contributed by atoms with Crippen LogP contribution in [0, 0.1) is 0 Å². The third kappa shape index (κ3) is 1.79. The van der Waals surface area contributed by atoms with E-state index in [2.05, 4.69) is 9.97 Å². The van der Waals surface area contributed by atoms with E-state index in [0.29, 0.717) is 5.82 Å². The summed E-state index contributed by atoms with van der Waals surface area (Å²) in [5, 5.41) is 0. The number of aryl methyl sites for hydroxylation is 1. The average Bonchev–Trinajstić information content (AvgIpc) is 2.87. The molecule has 1 N–H and O–H groups in total. The first-order chi connectivity index (χ1) is 8.78. The third-order valence-electron chi connectivity index (χ3n) is 3.28. The van der Waals surface area contributed by atoms with Gasteiger partial charge in [-0.1, -0.05) is 12.1 Å². The summed E-state index contributed by atoms with van der Waals surface area (Å²) in [6.45, 7) is 0.